The second kappa shape index (κ2) is 1.71. The third-order valence-corrected chi connectivity index (χ3v) is 1.89. The monoisotopic (exact) mass is 115 g/mol. The molecule has 1 fully saturated rings. The summed E-state index contributed by atoms with van der Waals surface area (Å²) in [5.41, 5.74) is 4.92. The van der Waals surface area contributed by atoms with Crippen molar-refractivity contribution >= 4 is 0 Å². The van der Waals surface area contributed by atoms with E-state index in [9.17, 15) is 0 Å². The Hall–Kier alpha value is -0.0800. The van der Waals surface area contributed by atoms with Gasteiger partial charge in [-0.25, -0.2) is 0 Å². The Morgan fingerprint density at radius 2 is 2.38 bits per heavy atom. The number of nitrogens with two attached hydrogens (primary N) is 1. The van der Waals surface area contributed by atoms with E-state index < -0.39 is 0 Å². The van der Waals surface area contributed by atoms with Crippen LogP contribution in [-0.4, -0.2) is 17.3 Å². The number of hydrogen-bond acceptors (Lipinski definition) is 2. The van der Waals surface area contributed by atoms with E-state index in [1.54, 1.807) is 0 Å². The van der Waals surface area contributed by atoms with Gasteiger partial charge in [0.1, 0.15) is 0 Å². The predicted octanol–water partition coefficient (Wildman–Crippen LogP) is 0.106. The molecule has 0 aromatic carbocycles. The summed E-state index contributed by atoms with van der Waals surface area (Å²) < 4.78 is 0. The fraction of sp³-hybridized carbons (Fsp3) is 1.00. The van der Waals surface area contributed by atoms with Crippen molar-refractivity contribution in [3.8, 4) is 0 Å². The van der Waals surface area contributed by atoms with E-state index in [1.165, 1.54) is 0 Å². The largest absolute Gasteiger partial charge is 0.390 e. The fourth-order valence-electron chi connectivity index (χ4n) is 1.05. The van der Waals surface area contributed by atoms with E-state index in [-0.39, 0.29) is 5.60 Å². The Balaban J connectivity index is 2.17. The molecule has 48 valence electrons. The highest BCUT2D eigenvalue weighted by Crippen LogP contribution is 2.44. The molecule has 8 heavy (non-hydrogen) atoms. The van der Waals surface area contributed by atoms with Crippen molar-refractivity contribution in [1.29, 1.82) is 0 Å². The zero-order valence-electron chi connectivity index (χ0n) is 5.22. The van der Waals surface area contributed by atoms with Gasteiger partial charge in [0, 0.05) is 0 Å². The first-order chi connectivity index (χ1) is 3.67. The number of aliphatic hydroxyl groups is 1. The minimum absolute atomic E-state index is 0.362. The SMILES string of the molecule is CC1(O)CC1CCN. The normalized spacial score (nSPS) is 44.6. The molecule has 0 spiro atoms. The van der Waals surface area contributed by atoms with Crippen LogP contribution in [0.3, 0.4) is 0 Å². The van der Waals surface area contributed by atoms with E-state index in [0.29, 0.717) is 12.5 Å². The molecular formula is C6H13NO. The lowest BCUT2D eigenvalue weighted by Gasteiger charge is -1.97. The van der Waals surface area contributed by atoms with E-state index in [2.05, 4.69) is 0 Å². The van der Waals surface area contributed by atoms with Crippen LogP contribution in [0.1, 0.15) is 19.8 Å². The van der Waals surface area contributed by atoms with Crippen LogP contribution in [0.2, 0.25) is 0 Å². The van der Waals surface area contributed by atoms with Crippen LogP contribution in [0, 0.1) is 5.92 Å². The molecule has 1 rings (SSSR count). The molecule has 0 heterocycles. The lowest BCUT2D eigenvalue weighted by Crippen LogP contribution is -2.07. The zero-order chi connectivity index (χ0) is 6.20. The lowest BCUT2D eigenvalue weighted by atomic mass is 10.2. The van der Waals surface area contributed by atoms with Gasteiger partial charge in [0.2, 0.25) is 0 Å². The molecule has 0 aromatic heterocycles. The highest BCUT2D eigenvalue weighted by molar-refractivity contribution is 4.99. The average Bonchev–Trinajstić information content (AvgIpc) is 2.15. The summed E-state index contributed by atoms with van der Waals surface area (Å²) in [5.74, 6) is 0.493. The maximum absolute atomic E-state index is 9.17. The zero-order valence-corrected chi connectivity index (χ0v) is 5.22. The quantitative estimate of drug-likeness (QED) is 0.536. The number of hydrogen-bond donors (Lipinski definition) is 2. The first kappa shape index (κ1) is 6.05. The third-order valence-electron chi connectivity index (χ3n) is 1.89. The van der Waals surface area contributed by atoms with Crippen molar-refractivity contribution in [3.05, 3.63) is 0 Å². The Morgan fingerprint density at radius 1 is 1.88 bits per heavy atom. The molecule has 1 saturated carbocycles. The van der Waals surface area contributed by atoms with Crippen LogP contribution >= 0.6 is 0 Å². The first-order valence-corrected chi connectivity index (χ1v) is 3.09. The van der Waals surface area contributed by atoms with E-state index in [1.807, 2.05) is 6.92 Å². The smallest absolute Gasteiger partial charge is 0.0653 e. The van der Waals surface area contributed by atoms with Crippen LogP contribution in [0.4, 0.5) is 0 Å². The minimum Gasteiger partial charge on any atom is -0.390 e. The Kier molecular flexibility index (Phi) is 1.29. The second-order valence-electron chi connectivity index (χ2n) is 2.84. The maximum atomic E-state index is 9.17. The Labute approximate surface area is 49.7 Å². The van der Waals surface area contributed by atoms with Crippen LogP contribution in [0.25, 0.3) is 0 Å². The van der Waals surface area contributed by atoms with Gasteiger partial charge in [-0.2, -0.15) is 0 Å². The molecule has 0 amide bonds. The molecule has 2 unspecified atom stereocenters. The van der Waals surface area contributed by atoms with Crippen molar-refractivity contribution in [2.45, 2.75) is 25.4 Å². The summed E-state index contributed by atoms with van der Waals surface area (Å²) in [6.07, 6.45) is 1.93. The molecule has 1 aliphatic rings. The molecule has 0 aliphatic heterocycles. The van der Waals surface area contributed by atoms with Gasteiger partial charge in [-0.15, -0.1) is 0 Å². The summed E-state index contributed by atoms with van der Waals surface area (Å²) in [6, 6.07) is 0. The van der Waals surface area contributed by atoms with Crippen molar-refractivity contribution in [3.63, 3.8) is 0 Å². The third kappa shape index (κ3) is 1.01. The molecule has 3 N–H and O–H groups in total. The van der Waals surface area contributed by atoms with Crippen LogP contribution < -0.4 is 5.73 Å². The summed E-state index contributed by atoms with van der Waals surface area (Å²) in [4.78, 5) is 0. The minimum atomic E-state index is -0.362. The van der Waals surface area contributed by atoms with Crippen molar-refractivity contribution < 1.29 is 5.11 Å². The van der Waals surface area contributed by atoms with E-state index in [4.69, 9.17) is 10.8 Å². The van der Waals surface area contributed by atoms with Crippen LogP contribution in [0.5, 0.6) is 0 Å². The van der Waals surface area contributed by atoms with Crippen LogP contribution in [0.15, 0.2) is 0 Å². The summed E-state index contributed by atoms with van der Waals surface area (Å²) in [6.45, 7) is 2.58. The van der Waals surface area contributed by atoms with Gasteiger partial charge >= 0.3 is 0 Å². The Bertz CT molecular complexity index is 90.5. The van der Waals surface area contributed by atoms with Gasteiger partial charge in [0.25, 0.3) is 0 Å². The van der Waals surface area contributed by atoms with E-state index in [0.717, 1.165) is 12.8 Å². The topological polar surface area (TPSA) is 46.2 Å². The highest BCUT2D eigenvalue weighted by atomic mass is 16.3. The standard InChI is InChI=1S/C6H13NO/c1-6(8)4-5(6)2-3-7/h5,8H,2-4,7H2,1H3. The molecule has 0 saturated heterocycles. The molecule has 2 heteroatoms. The van der Waals surface area contributed by atoms with Gasteiger partial charge in [-0.3, -0.25) is 0 Å². The Morgan fingerprint density at radius 3 is 2.50 bits per heavy atom. The van der Waals surface area contributed by atoms with Gasteiger partial charge in [0.15, 0.2) is 0 Å². The lowest BCUT2D eigenvalue weighted by molar-refractivity contribution is 0.150. The molecule has 0 radical (unpaired) electrons. The molecule has 0 bridgehead atoms. The van der Waals surface area contributed by atoms with E-state index >= 15 is 0 Å². The first-order valence-electron chi connectivity index (χ1n) is 3.09. The van der Waals surface area contributed by atoms with Crippen LogP contribution in [-0.2, 0) is 0 Å². The molecule has 0 aromatic rings. The van der Waals surface area contributed by atoms with Gasteiger partial charge < -0.3 is 10.8 Å². The van der Waals surface area contributed by atoms with Crippen molar-refractivity contribution in [2.75, 3.05) is 6.54 Å². The maximum Gasteiger partial charge on any atom is 0.0653 e. The summed E-state index contributed by atoms with van der Waals surface area (Å²) in [5, 5.41) is 9.17. The fourth-order valence-corrected chi connectivity index (χ4v) is 1.05. The molecule has 1 aliphatic carbocycles. The summed E-state index contributed by atoms with van der Waals surface area (Å²) >= 11 is 0. The average molecular weight is 115 g/mol. The highest BCUT2D eigenvalue weighted by Gasteiger charge is 2.47. The van der Waals surface area contributed by atoms with Crippen molar-refractivity contribution in [1.82, 2.24) is 0 Å². The van der Waals surface area contributed by atoms with Crippen molar-refractivity contribution in [2.24, 2.45) is 11.7 Å². The van der Waals surface area contributed by atoms with Gasteiger partial charge in [-0.1, -0.05) is 0 Å². The number of rotatable bonds is 2. The summed E-state index contributed by atoms with van der Waals surface area (Å²) in [7, 11) is 0. The molecule has 2 atom stereocenters. The van der Waals surface area contributed by atoms with Gasteiger partial charge in [0.05, 0.1) is 5.60 Å². The molecule has 2 nitrogen and oxygen atoms in total. The van der Waals surface area contributed by atoms with Gasteiger partial charge in [-0.05, 0) is 32.2 Å². The predicted molar refractivity (Wildman–Crippen MR) is 32.4 cm³/mol. The second-order valence-corrected chi connectivity index (χ2v) is 2.84. The molecular weight excluding hydrogens is 102 g/mol.